The van der Waals surface area contributed by atoms with Gasteiger partial charge >= 0.3 is 0 Å². The average Bonchev–Trinajstić information content (AvgIpc) is 2.73. The maximum atomic E-state index is 5.68. The maximum Gasteiger partial charge on any atom is 0.119 e. The molecule has 0 heterocycles. The monoisotopic (exact) mass is 364 g/mol. The summed E-state index contributed by atoms with van der Waals surface area (Å²) in [6, 6.07) is 17.8. The van der Waals surface area contributed by atoms with Gasteiger partial charge in [-0.25, -0.2) is 0 Å². The molecule has 27 heavy (non-hydrogen) atoms. The van der Waals surface area contributed by atoms with Crippen LogP contribution in [0.5, 0.6) is 5.75 Å². The van der Waals surface area contributed by atoms with Crippen LogP contribution in [0.4, 0.5) is 0 Å². The molecule has 2 aromatic rings. The Bertz CT molecular complexity index is 648. The Labute approximate surface area is 166 Å². The van der Waals surface area contributed by atoms with Gasteiger partial charge in [-0.3, -0.25) is 0 Å². The number of ether oxygens (including phenoxy) is 1. The molecular formula is C26H36O. The fourth-order valence-corrected chi connectivity index (χ4v) is 4.38. The van der Waals surface area contributed by atoms with Crippen molar-refractivity contribution in [3.05, 3.63) is 54.1 Å². The highest BCUT2D eigenvalue weighted by atomic mass is 16.5. The van der Waals surface area contributed by atoms with Crippen molar-refractivity contribution in [1.29, 1.82) is 0 Å². The number of rotatable bonds is 9. The normalized spacial score (nSPS) is 19.8. The molecule has 0 aromatic heterocycles. The van der Waals surface area contributed by atoms with Crippen molar-refractivity contribution >= 4 is 0 Å². The summed E-state index contributed by atoms with van der Waals surface area (Å²) < 4.78 is 5.68. The van der Waals surface area contributed by atoms with E-state index in [4.69, 9.17) is 4.74 Å². The summed E-state index contributed by atoms with van der Waals surface area (Å²) in [6.45, 7) is 5.22. The van der Waals surface area contributed by atoms with Gasteiger partial charge in [-0.05, 0) is 72.8 Å². The Kier molecular flexibility index (Phi) is 7.80. The molecule has 0 atom stereocenters. The van der Waals surface area contributed by atoms with Gasteiger partial charge in [0.05, 0.1) is 6.61 Å². The molecule has 0 radical (unpaired) electrons. The molecule has 0 bridgehead atoms. The zero-order chi connectivity index (χ0) is 18.9. The molecule has 0 aliphatic heterocycles. The molecule has 0 unspecified atom stereocenters. The van der Waals surface area contributed by atoms with Crippen molar-refractivity contribution < 1.29 is 4.74 Å². The van der Waals surface area contributed by atoms with E-state index in [1.807, 2.05) is 0 Å². The summed E-state index contributed by atoms with van der Waals surface area (Å²) in [5.41, 5.74) is 4.10. The Morgan fingerprint density at radius 3 is 1.96 bits per heavy atom. The highest BCUT2D eigenvalue weighted by Crippen LogP contribution is 2.38. The van der Waals surface area contributed by atoms with E-state index in [9.17, 15) is 0 Å². The highest BCUT2D eigenvalue weighted by Gasteiger charge is 2.21. The van der Waals surface area contributed by atoms with Crippen LogP contribution in [0.3, 0.4) is 0 Å². The molecule has 0 spiro atoms. The first-order valence-corrected chi connectivity index (χ1v) is 11.1. The largest absolute Gasteiger partial charge is 0.494 e. The van der Waals surface area contributed by atoms with Gasteiger partial charge < -0.3 is 4.74 Å². The minimum atomic E-state index is 0.770. The second-order valence-electron chi connectivity index (χ2n) is 8.21. The molecule has 2 aromatic carbocycles. The van der Waals surface area contributed by atoms with Crippen LogP contribution < -0.4 is 4.74 Å². The second-order valence-corrected chi connectivity index (χ2v) is 8.21. The lowest BCUT2D eigenvalue weighted by Crippen LogP contribution is -2.13. The zero-order valence-corrected chi connectivity index (χ0v) is 17.3. The van der Waals surface area contributed by atoms with Crippen LogP contribution in [0, 0.1) is 5.92 Å². The lowest BCUT2D eigenvalue weighted by Gasteiger charge is -2.29. The third-order valence-corrected chi connectivity index (χ3v) is 6.11. The summed E-state index contributed by atoms with van der Waals surface area (Å²) in [6.07, 6.45) is 12.3. The highest BCUT2D eigenvalue weighted by molar-refractivity contribution is 5.64. The van der Waals surface area contributed by atoms with Gasteiger partial charge in [-0.2, -0.15) is 0 Å². The quantitative estimate of drug-likeness (QED) is 0.410. The molecule has 1 fully saturated rings. The van der Waals surface area contributed by atoms with Crippen LogP contribution >= 0.6 is 0 Å². The topological polar surface area (TPSA) is 9.23 Å². The standard InChI is InChI=1S/C26H36O/c1-3-5-6-7-21-8-10-22(11-9-21)23-12-14-24(15-13-23)25-16-18-26(19-17-25)27-20-4-2/h12-19,21-22H,3-11,20H2,1-2H3. The van der Waals surface area contributed by atoms with Crippen LogP contribution in [0.1, 0.15) is 83.1 Å². The summed E-state index contributed by atoms with van der Waals surface area (Å²) in [7, 11) is 0. The number of hydrogen-bond donors (Lipinski definition) is 0. The third kappa shape index (κ3) is 5.86. The number of hydrogen-bond acceptors (Lipinski definition) is 1. The van der Waals surface area contributed by atoms with Gasteiger partial charge in [0.2, 0.25) is 0 Å². The van der Waals surface area contributed by atoms with E-state index in [1.54, 1.807) is 0 Å². The van der Waals surface area contributed by atoms with Crippen LogP contribution in [0.15, 0.2) is 48.5 Å². The molecule has 0 N–H and O–H groups in total. The predicted octanol–water partition coefficient (Wildman–Crippen LogP) is 8.00. The summed E-state index contributed by atoms with van der Waals surface area (Å²) in [5.74, 6) is 2.72. The number of unbranched alkanes of at least 4 members (excludes halogenated alkanes) is 2. The summed E-state index contributed by atoms with van der Waals surface area (Å²) in [4.78, 5) is 0. The molecule has 146 valence electrons. The lowest BCUT2D eigenvalue weighted by molar-refractivity contribution is 0.303. The Morgan fingerprint density at radius 1 is 0.741 bits per heavy atom. The van der Waals surface area contributed by atoms with Crippen LogP contribution in [-0.2, 0) is 0 Å². The van der Waals surface area contributed by atoms with Crippen LogP contribution in [0.25, 0.3) is 11.1 Å². The summed E-state index contributed by atoms with van der Waals surface area (Å²) >= 11 is 0. The molecule has 1 saturated carbocycles. The first kappa shape index (κ1) is 20.0. The van der Waals surface area contributed by atoms with E-state index in [-0.39, 0.29) is 0 Å². The Morgan fingerprint density at radius 2 is 1.37 bits per heavy atom. The van der Waals surface area contributed by atoms with Gasteiger partial charge in [0.25, 0.3) is 0 Å². The second kappa shape index (κ2) is 10.5. The van der Waals surface area contributed by atoms with Crippen LogP contribution in [-0.4, -0.2) is 6.61 Å². The van der Waals surface area contributed by atoms with E-state index >= 15 is 0 Å². The predicted molar refractivity (Wildman–Crippen MR) is 117 cm³/mol. The molecule has 3 rings (SSSR count). The smallest absolute Gasteiger partial charge is 0.119 e. The van der Waals surface area contributed by atoms with E-state index in [1.165, 1.54) is 68.1 Å². The molecule has 1 heteroatoms. The van der Waals surface area contributed by atoms with Crippen molar-refractivity contribution in [2.75, 3.05) is 6.61 Å². The van der Waals surface area contributed by atoms with Gasteiger partial charge in [-0.1, -0.05) is 75.9 Å². The fraction of sp³-hybridized carbons (Fsp3) is 0.538. The fourth-order valence-electron chi connectivity index (χ4n) is 4.38. The first-order valence-electron chi connectivity index (χ1n) is 11.1. The van der Waals surface area contributed by atoms with Gasteiger partial charge in [0.1, 0.15) is 5.75 Å². The minimum Gasteiger partial charge on any atom is -0.494 e. The van der Waals surface area contributed by atoms with Crippen molar-refractivity contribution in [3.8, 4) is 16.9 Å². The average molecular weight is 365 g/mol. The number of benzene rings is 2. The molecule has 1 aliphatic rings. The molecular weight excluding hydrogens is 328 g/mol. The lowest BCUT2D eigenvalue weighted by atomic mass is 9.77. The van der Waals surface area contributed by atoms with Crippen molar-refractivity contribution in [3.63, 3.8) is 0 Å². The zero-order valence-electron chi connectivity index (χ0n) is 17.3. The molecule has 0 amide bonds. The van der Waals surface area contributed by atoms with E-state index in [0.717, 1.165) is 30.6 Å². The van der Waals surface area contributed by atoms with Crippen LogP contribution in [0.2, 0.25) is 0 Å². The Hall–Kier alpha value is -1.76. The molecule has 1 nitrogen and oxygen atoms in total. The van der Waals surface area contributed by atoms with Gasteiger partial charge in [-0.15, -0.1) is 0 Å². The van der Waals surface area contributed by atoms with Crippen molar-refractivity contribution in [2.45, 2.75) is 77.6 Å². The third-order valence-electron chi connectivity index (χ3n) is 6.11. The van der Waals surface area contributed by atoms with Gasteiger partial charge in [0, 0.05) is 0 Å². The van der Waals surface area contributed by atoms with Gasteiger partial charge in [0.15, 0.2) is 0 Å². The van der Waals surface area contributed by atoms with E-state index < -0.39 is 0 Å². The van der Waals surface area contributed by atoms with Crippen molar-refractivity contribution in [1.82, 2.24) is 0 Å². The summed E-state index contributed by atoms with van der Waals surface area (Å²) in [5, 5.41) is 0. The first-order chi connectivity index (χ1) is 13.3. The van der Waals surface area contributed by atoms with E-state index in [2.05, 4.69) is 62.4 Å². The minimum absolute atomic E-state index is 0.770. The molecule has 1 aliphatic carbocycles. The SMILES string of the molecule is CCCCCC1CCC(c2ccc(-c3ccc(OCCC)cc3)cc2)CC1. The maximum absolute atomic E-state index is 5.68. The molecule has 0 saturated heterocycles. The van der Waals surface area contributed by atoms with Crippen molar-refractivity contribution in [2.24, 2.45) is 5.92 Å². The Balaban J connectivity index is 1.53. The van der Waals surface area contributed by atoms with E-state index in [0.29, 0.717) is 0 Å².